The summed E-state index contributed by atoms with van der Waals surface area (Å²) >= 11 is 1.42. The zero-order chi connectivity index (χ0) is 20.1. The van der Waals surface area contributed by atoms with E-state index in [-0.39, 0.29) is 5.91 Å². The number of ether oxygens (including phenoxy) is 2. The molecule has 0 N–H and O–H groups in total. The number of hydrogen-bond acceptors (Lipinski definition) is 6. The lowest BCUT2D eigenvalue weighted by atomic mass is 9.98. The predicted octanol–water partition coefficient (Wildman–Crippen LogP) is 3.28. The number of methoxy groups -OCH3 is 1. The third-order valence-electron chi connectivity index (χ3n) is 5.14. The van der Waals surface area contributed by atoms with Gasteiger partial charge in [-0.1, -0.05) is 17.8 Å². The molecule has 2 heterocycles. The Hall–Kier alpha value is -2.22. The van der Waals surface area contributed by atoms with Gasteiger partial charge in [-0.3, -0.25) is 4.79 Å². The van der Waals surface area contributed by atoms with Crippen molar-refractivity contribution in [1.82, 2.24) is 19.7 Å². The number of aromatic nitrogens is 3. The van der Waals surface area contributed by atoms with Crippen LogP contribution in [0.1, 0.15) is 38.9 Å². The molecule has 28 heavy (non-hydrogen) atoms. The zero-order valence-electron chi connectivity index (χ0n) is 16.9. The molecule has 0 aliphatic carbocycles. The number of amides is 1. The molecular weight excluding hydrogens is 376 g/mol. The highest BCUT2D eigenvalue weighted by molar-refractivity contribution is 7.99. The normalized spacial score (nSPS) is 19.5. The largest absolute Gasteiger partial charge is 0.497 e. The smallest absolute Gasteiger partial charge is 0.233 e. The standard InChI is InChI=1S/C20H28N4O3S/c1-14-7-5-8-15(2)24(14)19(25)13-28-20-22-21-18(23(20)3)12-27-17-10-6-9-16(11-17)26-4/h6,9-11,14-15H,5,7-8,12-13H2,1-4H3/t14-,15-/m0/s1. The summed E-state index contributed by atoms with van der Waals surface area (Å²) < 4.78 is 12.9. The number of thioether (sulfide) groups is 1. The third-order valence-corrected chi connectivity index (χ3v) is 6.15. The van der Waals surface area contributed by atoms with Crippen molar-refractivity contribution in [2.45, 2.75) is 57.0 Å². The van der Waals surface area contributed by atoms with Gasteiger partial charge in [-0.05, 0) is 45.2 Å². The highest BCUT2D eigenvalue weighted by Gasteiger charge is 2.29. The van der Waals surface area contributed by atoms with E-state index < -0.39 is 0 Å². The average molecular weight is 405 g/mol. The average Bonchev–Trinajstić information content (AvgIpc) is 3.04. The van der Waals surface area contributed by atoms with E-state index in [1.165, 1.54) is 18.2 Å². The minimum absolute atomic E-state index is 0.168. The number of carbonyl (C=O) groups is 1. The van der Waals surface area contributed by atoms with Crippen molar-refractivity contribution in [3.05, 3.63) is 30.1 Å². The summed E-state index contributed by atoms with van der Waals surface area (Å²) in [6, 6.07) is 8.05. The van der Waals surface area contributed by atoms with E-state index in [0.29, 0.717) is 36.0 Å². The summed E-state index contributed by atoms with van der Waals surface area (Å²) in [5.74, 6) is 2.70. The van der Waals surface area contributed by atoms with E-state index >= 15 is 0 Å². The van der Waals surface area contributed by atoms with Crippen LogP contribution in [0.25, 0.3) is 0 Å². The molecule has 152 valence electrons. The van der Waals surface area contributed by atoms with Gasteiger partial charge in [-0.2, -0.15) is 0 Å². The van der Waals surface area contributed by atoms with Gasteiger partial charge in [0.25, 0.3) is 0 Å². The fourth-order valence-corrected chi connectivity index (χ4v) is 4.35. The van der Waals surface area contributed by atoms with Gasteiger partial charge in [0.1, 0.15) is 18.1 Å². The SMILES string of the molecule is COc1cccc(OCc2nnc(SCC(=O)N3[C@@H](C)CCC[C@@H]3C)n2C)c1. The van der Waals surface area contributed by atoms with Gasteiger partial charge < -0.3 is 18.9 Å². The molecule has 1 aliphatic heterocycles. The van der Waals surface area contributed by atoms with E-state index in [1.54, 1.807) is 7.11 Å². The molecule has 0 spiro atoms. The Labute approximate surface area is 170 Å². The second kappa shape index (κ2) is 9.32. The first-order valence-electron chi connectivity index (χ1n) is 9.58. The first-order chi connectivity index (χ1) is 13.5. The van der Waals surface area contributed by atoms with Crippen LogP contribution in [0.4, 0.5) is 0 Å². The topological polar surface area (TPSA) is 69.5 Å². The first kappa shape index (κ1) is 20.5. The molecule has 1 aromatic carbocycles. The molecule has 1 aromatic heterocycles. The summed E-state index contributed by atoms with van der Waals surface area (Å²) in [4.78, 5) is 14.7. The van der Waals surface area contributed by atoms with Crippen molar-refractivity contribution in [3.63, 3.8) is 0 Å². The van der Waals surface area contributed by atoms with Crippen LogP contribution < -0.4 is 9.47 Å². The number of benzene rings is 1. The summed E-state index contributed by atoms with van der Waals surface area (Å²) in [5, 5.41) is 9.14. The maximum atomic E-state index is 12.7. The monoisotopic (exact) mass is 404 g/mol. The van der Waals surface area contributed by atoms with Crippen molar-refractivity contribution in [2.75, 3.05) is 12.9 Å². The predicted molar refractivity (Wildman–Crippen MR) is 109 cm³/mol. The van der Waals surface area contributed by atoms with Crippen molar-refractivity contribution in [1.29, 1.82) is 0 Å². The second-order valence-corrected chi connectivity index (χ2v) is 8.09. The Morgan fingerprint density at radius 2 is 1.93 bits per heavy atom. The fraction of sp³-hybridized carbons (Fsp3) is 0.550. The Morgan fingerprint density at radius 1 is 1.21 bits per heavy atom. The minimum Gasteiger partial charge on any atom is -0.497 e. The van der Waals surface area contributed by atoms with Crippen LogP contribution in [-0.4, -0.2) is 50.5 Å². The van der Waals surface area contributed by atoms with E-state index in [9.17, 15) is 4.79 Å². The fourth-order valence-electron chi connectivity index (χ4n) is 3.55. The van der Waals surface area contributed by atoms with Crippen LogP contribution in [0.5, 0.6) is 11.5 Å². The van der Waals surface area contributed by atoms with Crippen molar-refractivity contribution >= 4 is 17.7 Å². The lowest BCUT2D eigenvalue weighted by Gasteiger charge is -2.39. The second-order valence-electron chi connectivity index (χ2n) is 7.14. The molecule has 2 atom stereocenters. The van der Waals surface area contributed by atoms with Gasteiger partial charge in [-0.15, -0.1) is 10.2 Å². The molecule has 2 aromatic rings. The first-order valence-corrected chi connectivity index (χ1v) is 10.6. The highest BCUT2D eigenvalue weighted by Crippen LogP contribution is 2.25. The molecule has 0 bridgehead atoms. The van der Waals surface area contributed by atoms with Crippen LogP contribution >= 0.6 is 11.8 Å². The minimum atomic E-state index is 0.168. The van der Waals surface area contributed by atoms with Crippen LogP contribution in [0.3, 0.4) is 0 Å². The molecule has 1 amide bonds. The molecule has 7 nitrogen and oxygen atoms in total. The lowest BCUT2D eigenvalue weighted by Crippen LogP contribution is -2.48. The van der Waals surface area contributed by atoms with Gasteiger partial charge in [0.2, 0.25) is 5.91 Å². The molecular formula is C20H28N4O3S. The highest BCUT2D eigenvalue weighted by atomic mass is 32.2. The number of carbonyl (C=O) groups excluding carboxylic acids is 1. The van der Waals surface area contributed by atoms with E-state index in [2.05, 4.69) is 24.0 Å². The van der Waals surface area contributed by atoms with Gasteiger partial charge in [0.15, 0.2) is 11.0 Å². The quantitative estimate of drug-likeness (QED) is 0.660. The molecule has 0 unspecified atom stereocenters. The third kappa shape index (κ3) is 4.79. The summed E-state index contributed by atoms with van der Waals surface area (Å²) in [5.41, 5.74) is 0. The number of hydrogen-bond donors (Lipinski definition) is 0. The Balaban J connectivity index is 1.56. The van der Waals surface area contributed by atoms with Crippen molar-refractivity contribution in [3.8, 4) is 11.5 Å². The van der Waals surface area contributed by atoms with Crippen LogP contribution in [0.15, 0.2) is 29.4 Å². The summed E-state index contributed by atoms with van der Waals surface area (Å²) in [7, 11) is 3.52. The van der Waals surface area contributed by atoms with Gasteiger partial charge in [-0.25, -0.2) is 0 Å². The molecule has 0 saturated carbocycles. The van der Waals surface area contributed by atoms with Crippen LogP contribution in [-0.2, 0) is 18.4 Å². The van der Waals surface area contributed by atoms with Gasteiger partial charge in [0.05, 0.1) is 12.9 Å². The maximum absolute atomic E-state index is 12.7. The molecule has 3 rings (SSSR count). The molecule has 1 fully saturated rings. The van der Waals surface area contributed by atoms with E-state index in [4.69, 9.17) is 9.47 Å². The van der Waals surface area contributed by atoms with Crippen molar-refractivity contribution < 1.29 is 14.3 Å². The van der Waals surface area contributed by atoms with Crippen molar-refractivity contribution in [2.24, 2.45) is 7.05 Å². The molecule has 8 heteroatoms. The summed E-state index contributed by atoms with van der Waals surface area (Å²) in [6.07, 6.45) is 3.35. The molecule has 1 saturated heterocycles. The molecule has 1 aliphatic rings. The van der Waals surface area contributed by atoms with Gasteiger partial charge in [0, 0.05) is 25.2 Å². The number of nitrogens with zero attached hydrogens (tertiary/aromatic N) is 4. The number of likely N-dealkylation sites (tertiary alicyclic amines) is 1. The number of rotatable bonds is 7. The summed E-state index contributed by atoms with van der Waals surface area (Å²) in [6.45, 7) is 4.56. The van der Waals surface area contributed by atoms with E-state index in [1.807, 2.05) is 40.8 Å². The molecule has 0 radical (unpaired) electrons. The lowest BCUT2D eigenvalue weighted by molar-refractivity contribution is -0.134. The van der Waals surface area contributed by atoms with Crippen LogP contribution in [0.2, 0.25) is 0 Å². The maximum Gasteiger partial charge on any atom is 0.233 e. The Kier molecular flexibility index (Phi) is 6.83. The van der Waals surface area contributed by atoms with Gasteiger partial charge >= 0.3 is 0 Å². The van der Waals surface area contributed by atoms with E-state index in [0.717, 1.165) is 23.7 Å². The zero-order valence-corrected chi connectivity index (χ0v) is 17.7. The van der Waals surface area contributed by atoms with Crippen LogP contribution in [0, 0.1) is 0 Å². The Morgan fingerprint density at radius 3 is 2.64 bits per heavy atom. The number of piperidine rings is 1. The Bertz CT molecular complexity index is 800.